The van der Waals surface area contributed by atoms with Gasteiger partial charge in [0.2, 0.25) is 5.91 Å². The highest BCUT2D eigenvalue weighted by molar-refractivity contribution is 7.99. The van der Waals surface area contributed by atoms with Gasteiger partial charge in [0.15, 0.2) is 10.3 Å². The monoisotopic (exact) mass is 376 g/mol. The highest BCUT2D eigenvalue weighted by atomic mass is 32.2. The number of aromatic amines is 1. The number of amides is 1. The molecule has 2 aromatic rings. The topological polar surface area (TPSA) is 87.7 Å². The van der Waals surface area contributed by atoms with E-state index in [4.69, 9.17) is 0 Å². The molecule has 4 rings (SSSR count). The summed E-state index contributed by atoms with van der Waals surface area (Å²) in [7, 11) is 0. The molecule has 0 radical (unpaired) electrons. The predicted octanol–water partition coefficient (Wildman–Crippen LogP) is 2.71. The smallest absolute Gasteiger partial charge is 0.254 e. The molecule has 0 fully saturated rings. The second-order valence-electron chi connectivity index (χ2n) is 6.44. The fourth-order valence-electron chi connectivity index (χ4n) is 3.34. The van der Waals surface area contributed by atoms with Gasteiger partial charge in [-0.05, 0) is 51.4 Å². The molecular formula is C17H20N4O2S2. The van der Waals surface area contributed by atoms with E-state index in [-0.39, 0.29) is 17.2 Å². The lowest BCUT2D eigenvalue weighted by Gasteiger charge is -2.14. The molecule has 2 aliphatic rings. The Hall–Kier alpha value is -1.67. The third kappa shape index (κ3) is 3.79. The van der Waals surface area contributed by atoms with Crippen LogP contribution in [-0.4, -0.2) is 26.6 Å². The third-order valence-corrected chi connectivity index (χ3v) is 6.55. The Kier molecular flexibility index (Phi) is 4.89. The number of thiazole rings is 1. The summed E-state index contributed by atoms with van der Waals surface area (Å²) in [4.78, 5) is 37.4. The van der Waals surface area contributed by atoms with Crippen LogP contribution < -0.4 is 10.9 Å². The van der Waals surface area contributed by atoms with Gasteiger partial charge >= 0.3 is 0 Å². The summed E-state index contributed by atoms with van der Waals surface area (Å²) >= 11 is 2.85. The van der Waals surface area contributed by atoms with Crippen LogP contribution >= 0.6 is 23.1 Å². The Labute approximate surface area is 153 Å². The van der Waals surface area contributed by atoms with Crippen molar-refractivity contribution in [3.05, 3.63) is 32.2 Å². The highest BCUT2D eigenvalue weighted by Gasteiger charge is 2.18. The van der Waals surface area contributed by atoms with Gasteiger partial charge in [-0.3, -0.25) is 9.59 Å². The Morgan fingerprint density at radius 2 is 1.84 bits per heavy atom. The minimum atomic E-state index is -0.114. The quantitative estimate of drug-likeness (QED) is 0.633. The molecule has 6 nitrogen and oxygen atoms in total. The molecule has 25 heavy (non-hydrogen) atoms. The number of hydrogen-bond acceptors (Lipinski definition) is 6. The van der Waals surface area contributed by atoms with E-state index in [1.54, 1.807) is 11.3 Å². The van der Waals surface area contributed by atoms with Crippen molar-refractivity contribution in [3.8, 4) is 0 Å². The van der Waals surface area contributed by atoms with Crippen molar-refractivity contribution in [3.63, 3.8) is 0 Å². The van der Waals surface area contributed by atoms with Crippen molar-refractivity contribution >= 4 is 34.1 Å². The van der Waals surface area contributed by atoms with Gasteiger partial charge in [0, 0.05) is 10.4 Å². The van der Waals surface area contributed by atoms with Gasteiger partial charge in [-0.25, -0.2) is 9.97 Å². The summed E-state index contributed by atoms with van der Waals surface area (Å²) in [5, 5.41) is 4.09. The normalized spacial score (nSPS) is 16.2. The molecule has 8 heteroatoms. The first-order valence-corrected chi connectivity index (χ1v) is 10.5. The van der Waals surface area contributed by atoms with Gasteiger partial charge in [-0.2, -0.15) is 0 Å². The summed E-state index contributed by atoms with van der Waals surface area (Å²) < 4.78 is 0. The number of aromatic nitrogens is 3. The molecule has 2 aromatic heterocycles. The van der Waals surface area contributed by atoms with Crippen molar-refractivity contribution in [2.24, 2.45) is 0 Å². The molecule has 0 aromatic carbocycles. The SMILES string of the molecule is O=C(CSc1nc2c(c(=O)[nH]1)CCCC2)Nc1nc2c(s1)CCCC2. The number of nitrogens with one attached hydrogen (secondary N) is 2. The van der Waals surface area contributed by atoms with Gasteiger partial charge in [0.05, 0.1) is 17.1 Å². The fraction of sp³-hybridized carbons (Fsp3) is 0.529. The molecule has 1 amide bonds. The van der Waals surface area contributed by atoms with Crippen molar-refractivity contribution in [1.82, 2.24) is 15.0 Å². The number of hydrogen-bond donors (Lipinski definition) is 2. The second-order valence-corrected chi connectivity index (χ2v) is 8.48. The number of anilines is 1. The van der Waals surface area contributed by atoms with E-state index in [9.17, 15) is 9.59 Å². The summed E-state index contributed by atoms with van der Waals surface area (Å²) in [5.41, 5.74) is 2.79. The van der Waals surface area contributed by atoms with E-state index in [0.717, 1.165) is 55.5 Å². The Morgan fingerprint density at radius 1 is 1.08 bits per heavy atom. The van der Waals surface area contributed by atoms with Gasteiger partial charge in [0.25, 0.3) is 5.56 Å². The van der Waals surface area contributed by atoms with Gasteiger partial charge in [0.1, 0.15) is 0 Å². The van der Waals surface area contributed by atoms with E-state index >= 15 is 0 Å². The highest BCUT2D eigenvalue weighted by Crippen LogP contribution is 2.29. The molecule has 0 atom stereocenters. The zero-order valence-corrected chi connectivity index (χ0v) is 15.5. The first kappa shape index (κ1) is 16.8. The molecule has 0 aliphatic heterocycles. The van der Waals surface area contributed by atoms with E-state index in [1.165, 1.54) is 29.5 Å². The molecule has 0 saturated heterocycles. The lowest BCUT2D eigenvalue weighted by Crippen LogP contribution is -2.22. The lowest BCUT2D eigenvalue weighted by atomic mass is 9.97. The maximum atomic E-state index is 12.2. The number of H-pyrrole nitrogens is 1. The number of carbonyl (C=O) groups is 1. The molecule has 0 saturated carbocycles. The number of nitrogens with zero attached hydrogens (tertiary/aromatic N) is 2. The average Bonchev–Trinajstić information content (AvgIpc) is 3.02. The maximum absolute atomic E-state index is 12.2. The minimum Gasteiger partial charge on any atom is -0.301 e. The molecule has 2 heterocycles. The zero-order valence-electron chi connectivity index (χ0n) is 13.9. The second kappa shape index (κ2) is 7.29. The average molecular weight is 377 g/mol. The van der Waals surface area contributed by atoms with E-state index in [1.807, 2.05) is 0 Å². The summed E-state index contributed by atoms with van der Waals surface area (Å²) in [6.45, 7) is 0. The molecular weight excluding hydrogens is 356 g/mol. The number of carbonyl (C=O) groups excluding carboxylic acids is 1. The maximum Gasteiger partial charge on any atom is 0.254 e. The van der Waals surface area contributed by atoms with E-state index in [2.05, 4.69) is 20.3 Å². The number of fused-ring (bicyclic) bond motifs is 2. The third-order valence-electron chi connectivity index (χ3n) is 4.60. The van der Waals surface area contributed by atoms with Crippen molar-refractivity contribution in [2.45, 2.75) is 56.5 Å². The predicted molar refractivity (Wildman–Crippen MR) is 99.6 cm³/mol. The van der Waals surface area contributed by atoms with E-state index in [0.29, 0.717) is 10.3 Å². The minimum absolute atomic E-state index is 0.0554. The van der Waals surface area contributed by atoms with Crippen LogP contribution in [0.4, 0.5) is 5.13 Å². The summed E-state index contributed by atoms with van der Waals surface area (Å²) in [5.74, 6) is 0.0999. The molecule has 132 valence electrons. The van der Waals surface area contributed by atoms with Crippen LogP contribution in [0.25, 0.3) is 0 Å². The molecule has 0 spiro atoms. The zero-order chi connectivity index (χ0) is 17.2. The van der Waals surface area contributed by atoms with Crippen molar-refractivity contribution < 1.29 is 4.79 Å². The summed E-state index contributed by atoms with van der Waals surface area (Å²) in [6.07, 6.45) is 8.23. The number of rotatable bonds is 4. The Morgan fingerprint density at radius 3 is 2.68 bits per heavy atom. The molecule has 0 bridgehead atoms. The van der Waals surface area contributed by atoms with Gasteiger partial charge in [-0.1, -0.05) is 11.8 Å². The van der Waals surface area contributed by atoms with Crippen LogP contribution in [0.15, 0.2) is 9.95 Å². The van der Waals surface area contributed by atoms with Crippen LogP contribution in [0.3, 0.4) is 0 Å². The number of thioether (sulfide) groups is 1. The Balaban J connectivity index is 1.38. The first-order valence-electron chi connectivity index (χ1n) is 8.72. The van der Waals surface area contributed by atoms with Crippen LogP contribution in [-0.2, 0) is 30.5 Å². The van der Waals surface area contributed by atoms with Crippen LogP contribution in [0.2, 0.25) is 0 Å². The standard InChI is InChI=1S/C17H20N4O2S2/c22-14(20-17-19-12-7-3-4-8-13(12)25-17)9-24-16-18-11-6-2-1-5-10(11)15(23)21-16/h1-9H2,(H,18,21,23)(H,19,20,22). The van der Waals surface area contributed by atoms with Crippen LogP contribution in [0.1, 0.15) is 47.5 Å². The fourth-order valence-corrected chi connectivity index (χ4v) is 5.09. The molecule has 0 unspecified atom stereocenters. The number of aryl methyl sites for hydroxylation is 3. The molecule has 2 N–H and O–H groups in total. The van der Waals surface area contributed by atoms with Gasteiger partial charge < -0.3 is 10.3 Å². The van der Waals surface area contributed by atoms with Gasteiger partial charge in [-0.15, -0.1) is 11.3 Å². The first-order chi connectivity index (χ1) is 12.2. The summed E-state index contributed by atoms with van der Waals surface area (Å²) in [6, 6.07) is 0. The van der Waals surface area contributed by atoms with E-state index < -0.39 is 0 Å². The lowest BCUT2D eigenvalue weighted by molar-refractivity contribution is -0.113. The Bertz CT molecular complexity index is 835. The van der Waals surface area contributed by atoms with Crippen molar-refractivity contribution in [1.29, 1.82) is 0 Å². The van der Waals surface area contributed by atoms with Crippen LogP contribution in [0.5, 0.6) is 0 Å². The molecule has 2 aliphatic carbocycles. The van der Waals surface area contributed by atoms with Crippen molar-refractivity contribution in [2.75, 3.05) is 11.1 Å². The van der Waals surface area contributed by atoms with Crippen LogP contribution in [0, 0.1) is 0 Å². The largest absolute Gasteiger partial charge is 0.301 e.